The van der Waals surface area contributed by atoms with Gasteiger partial charge in [0.2, 0.25) is 0 Å². The van der Waals surface area contributed by atoms with E-state index in [1.807, 2.05) is 6.07 Å². The third kappa shape index (κ3) is 4.01. The van der Waals surface area contributed by atoms with Crippen LogP contribution in [-0.2, 0) is 6.54 Å². The number of phenolic OH excluding ortho intramolecular Hbond substituents is 1. The number of guanidine groups is 1. The molecular weight excluding hydrogens is 320 g/mol. The third-order valence-electron chi connectivity index (χ3n) is 4.55. The van der Waals surface area contributed by atoms with E-state index in [4.69, 9.17) is 4.74 Å². The van der Waals surface area contributed by atoms with Crippen molar-refractivity contribution < 1.29 is 9.84 Å². The molecule has 1 fully saturated rings. The van der Waals surface area contributed by atoms with Gasteiger partial charge in [-0.15, -0.1) is 0 Å². The highest BCUT2D eigenvalue weighted by atomic mass is 16.5. The standard InChI is InChI=1S/C17H24N6O2/c1-18-17(19-10-13-9-14(25-2)3-4-15(13)24)23-7-5-12(6-8-23)16-20-11-21-22-16/h3-4,9,11-12,24H,5-8,10H2,1-2H3,(H,18,19)(H,20,21,22). The summed E-state index contributed by atoms with van der Waals surface area (Å²) in [5.41, 5.74) is 0.775. The van der Waals surface area contributed by atoms with Gasteiger partial charge >= 0.3 is 0 Å². The average molecular weight is 344 g/mol. The minimum Gasteiger partial charge on any atom is -0.508 e. The van der Waals surface area contributed by atoms with Crippen LogP contribution in [0.2, 0.25) is 0 Å². The van der Waals surface area contributed by atoms with E-state index in [0.29, 0.717) is 12.5 Å². The summed E-state index contributed by atoms with van der Waals surface area (Å²) in [4.78, 5) is 10.9. The Morgan fingerprint density at radius 3 is 2.88 bits per heavy atom. The van der Waals surface area contributed by atoms with E-state index >= 15 is 0 Å². The van der Waals surface area contributed by atoms with Crippen LogP contribution in [0.5, 0.6) is 11.5 Å². The van der Waals surface area contributed by atoms with Gasteiger partial charge in [-0.2, -0.15) is 5.10 Å². The van der Waals surface area contributed by atoms with Crippen LogP contribution in [0, 0.1) is 0 Å². The average Bonchev–Trinajstić information content (AvgIpc) is 3.19. The number of hydrogen-bond acceptors (Lipinski definition) is 5. The Morgan fingerprint density at radius 2 is 2.24 bits per heavy atom. The molecule has 1 aliphatic rings. The lowest BCUT2D eigenvalue weighted by atomic mass is 9.96. The van der Waals surface area contributed by atoms with Crippen LogP contribution in [0.4, 0.5) is 0 Å². The number of nitrogens with one attached hydrogen (secondary N) is 2. The second-order valence-corrected chi connectivity index (χ2v) is 6.03. The second-order valence-electron chi connectivity index (χ2n) is 6.03. The molecule has 1 aliphatic heterocycles. The number of aromatic hydroxyl groups is 1. The van der Waals surface area contributed by atoms with Gasteiger partial charge < -0.3 is 20.1 Å². The third-order valence-corrected chi connectivity index (χ3v) is 4.55. The summed E-state index contributed by atoms with van der Waals surface area (Å²) in [7, 11) is 3.39. The summed E-state index contributed by atoms with van der Waals surface area (Å²) in [6, 6.07) is 5.20. The van der Waals surface area contributed by atoms with Gasteiger partial charge in [-0.25, -0.2) is 4.98 Å². The first kappa shape index (κ1) is 17.1. The van der Waals surface area contributed by atoms with E-state index in [1.54, 1.807) is 32.6 Å². The van der Waals surface area contributed by atoms with Gasteiger partial charge in [0.25, 0.3) is 0 Å². The van der Waals surface area contributed by atoms with Crippen molar-refractivity contribution in [2.45, 2.75) is 25.3 Å². The molecule has 134 valence electrons. The highest BCUT2D eigenvalue weighted by molar-refractivity contribution is 5.80. The lowest BCUT2D eigenvalue weighted by Crippen LogP contribution is -2.45. The number of benzene rings is 1. The maximum Gasteiger partial charge on any atom is 0.193 e. The molecule has 0 bridgehead atoms. The molecule has 3 rings (SSSR count). The normalized spacial score (nSPS) is 16.1. The van der Waals surface area contributed by atoms with Gasteiger partial charge in [0, 0.05) is 38.2 Å². The zero-order valence-electron chi connectivity index (χ0n) is 14.6. The number of likely N-dealkylation sites (tertiary alicyclic amines) is 1. The zero-order chi connectivity index (χ0) is 17.6. The van der Waals surface area contributed by atoms with Gasteiger partial charge in [0.05, 0.1) is 7.11 Å². The van der Waals surface area contributed by atoms with Gasteiger partial charge in [0.1, 0.15) is 23.7 Å². The number of piperidine rings is 1. The van der Waals surface area contributed by atoms with Crippen molar-refractivity contribution in [2.24, 2.45) is 4.99 Å². The van der Waals surface area contributed by atoms with Crippen molar-refractivity contribution in [3.63, 3.8) is 0 Å². The topological polar surface area (TPSA) is 98.7 Å². The maximum absolute atomic E-state index is 10.0. The van der Waals surface area contributed by atoms with Crippen LogP contribution in [0.1, 0.15) is 30.1 Å². The molecule has 2 aromatic rings. The highest BCUT2D eigenvalue weighted by Gasteiger charge is 2.24. The SMILES string of the molecule is CN=C(NCc1cc(OC)ccc1O)N1CCC(c2ncn[nH]2)CC1. The Hall–Kier alpha value is -2.77. The summed E-state index contributed by atoms with van der Waals surface area (Å²) in [5.74, 6) is 3.17. The summed E-state index contributed by atoms with van der Waals surface area (Å²) in [5, 5.41) is 20.2. The van der Waals surface area contributed by atoms with Crippen LogP contribution in [0.15, 0.2) is 29.5 Å². The largest absolute Gasteiger partial charge is 0.508 e. The molecule has 0 aliphatic carbocycles. The predicted molar refractivity (Wildman–Crippen MR) is 94.8 cm³/mol. The Kier molecular flexibility index (Phi) is 5.37. The van der Waals surface area contributed by atoms with Crippen molar-refractivity contribution in [1.82, 2.24) is 25.4 Å². The first-order valence-electron chi connectivity index (χ1n) is 8.38. The van der Waals surface area contributed by atoms with Crippen molar-refractivity contribution in [3.8, 4) is 11.5 Å². The molecular formula is C17H24N6O2. The molecule has 0 spiro atoms. The van der Waals surface area contributed by atoms with Crippen LogP contribution in [0.25, 0.3) is 0 Å². The number of ether oxygens (including phenoxy) is 1. The molecule has 0 saturated carbocycles. The molecule has 0 unspecified atom stereocenters. The summed E-state index contributed by atoms with van der Waals surface area (Å²) in [6.07, 6.45) is 3.56. The molecule has 1 aromatic carbocycles. The fourth-order valence-electron chi connectivity index (χ4n) is 3.11. The van der Waals surface area contributed by atoms with E-state index in [0.717, 1.165) is 49.0 Å². The molecule has 2 heterocycles. The second kappa shape index (κ2) is 7.87. The summed E-state index contributed by atoms with van der Waals surface area (Å²) >= 11 is 0. The summed E-state index contributed by atoms with van der Waals surface area (Å²) < 4.78 is 5.21. The molecule has 3 N–H and O–H groups in total. The minimum atomic E-state index is 0.243. The number of aromatic amines is 1. The monoisotopic (exact) mass is 344 g/mol. The van der Waals surface area contributed by atoms with Gasteiger partial charge in [-0.05, 0) is 31.0 Å². The first-order valence-corrected chi connectivity index (χ1v) is 8.38. The van der Waals surface area contributed by atoms with Crippen molar-refractivity contribution in [2.75, 3.05) is 27.2 Å². The number of aromatic nitrogens is 3. The lowest BCUT2D eigenvalue weighted by Gasteiger charge is -2.33. The van der Waals surface area contributed by atoms with E-state index in [-0.39, 0.29) is 5.75 Å². The number of H-pyrrole nitrogens is 1. The van der Waals surface area contributed by atoms with Crippen molar-refractivity contribution in [3.05, 3.63) is 35.9 Å². The molecule has 8 heteroatoms. The predicted octanol–water partition coefficient (Wildman–Crippen LogP) is 1.47. The number of phenols is 1. The smallest absolute Gasteiger partial charge is 0.193 e. The van der Waals surface area contributed by atoms with Crippen LogP contribution >= 0.6 is 0 Å². The maximum atomic E-state index is 10.0. The molecule has 25 heavy (non-hydrogen) atoms. The Labute approximate surface area is 146 Å². The zero-order valence-corrected chi connectivity index (χ0v) is 14.6. The highest BCUT2D eigenvalue weighted by Crippen LogP contribution is 2.25. The fraction of sp³-hybridized carbons (Fsp3) is 0.471. The number of rotatable bonds is 4. The fourth-order valence-corrected chi connectivity index (χ4v) is 3.11. The van der Waals surface area contributed by atoms with Gasteiger partial charge in [-0.3, -0.25) is 10.1 Å². The molecule has 0 amide bonds. The molecule has 0 radical (unpaired) electrons. The number of methoxy groups -OCH3 is 1. The van der Waals surface area contributed by atoms with Gasteiger partial charge in [-0.1, -0.05) is 0 Å². The quantitative estimate of drug-likeness (QED) is 0.574. The number of nitrogens with zero attached hydrogens (tertiary/aromatic N) is 4. The van der Waals surface area contributed by atoms with Crippen LogP contribution in [0.3, 0.4) is 0 Å². The van der Waals surface area contributed by atoms with Crippen LogP contribution in [-0.4, -0.2) is 58.4 Å². The van der Waals surface area contributed by atoms with Crippen molar-refractivity contribution in [1.29, 1.82) is 0 Å². The minimum absolute atomic E-state index is 0.243. The molecule has 1 saturated heterocycles. The Bertz CT molecular complexity index is 708. The molecule has 1 aromatic heterocycles. The van der Waals surface area contributed by atoms with E-state index in [9.17, 15) is 5.11 Å². The van der Waals surface area contributed by atoms with Crippen LogP contribution < -0.4 is 10.1 Å². The Balaban J connectivity index is 1.57. The van der Waals surface area contributed by atoms with Gasteiger partial charge in [0.15, 0.2) is 5.96 Å². The first-order chi connectivity index (χ1) is 12.2. The number of aliphatic imine (C=N–C) groups is 1. The van der Waals surface area contributed by atoms with E-state index < -0.39 is 0 Å². The lowest BCUT2D eigenvalue weighted by molar-refractivity contribution is 0.298. The van der Waals surface area contributed by atoms with E-state index in [2.05, 4.69) is 30.4 Å². The summed E-state index contributed by atoms with van der Waals surface area (Å²) in [6.45, 7) is 2.28. The number of hydrogen-bond donors (Lipinski definition) is 3. The Morgan fingerprint density at radius 1 is 1.44 bits per heavy atom. The van der Waals surface area contributed by atoms with Crippen molar-refractivity contribution >= 4 is 5.96 Å². The van der Waals surface area contributed by atoms with E-state index in [1.165, 1.54) is 0 Å². The molecule has 0 atom stereocenters. The molecule has 8 nitrogen and oxygen atoms in total.